The Kier molecular flexibility index (Phi) is 11.0. The molecule has 1 aliphatic rings. The summed E-state index contributed by atoms with van der Waals surface area (Å²) in [6, 6.07) is 18.1. The van der Waals surface area contributed by atoms with Crippen LogP contribution in [0.15, 0.2) is 78.0 Å². The van der Waals surface area contributed by atoms with Gasteiger partial charge in [0.2, 0.25) is 5.91 Å². The van der Waals surface area contributed by atoms with E-state index in [9.17, 15) is 22.8 Å². The lowest BCUT2D eigenvalue weighted by molar-refractivity contribution is -0.274. The Morgan fingerprint density at radius 1 is 1.06 bits per heavy atom. The standard InChI is InChI=1S/C35H35F3N6O5S2/c1-21(2)27-16-7-22(3)17-28(27)44-29(45)19-51-31(44)40-32(50)49-43(33(46)48-34(4,5)6)18-23-8-10-24(11-9-23)30-39-20-42(41-30)25-12-14-26(15-13-25)47-35(36,37)38/h7-17,20-21H,18-19H2,1-6H3. The molecule has 268 valence electrons. The Balaban J connectivity index is 1.32. The quantitative estimate of drug-likeness (QED) is 0.136. The maximum absolute atomic E-state index is 13.3. The van der Waals surface area contributed by atoms with Crippen LogP contribution in [0.3, 0.4) is 0 Å². The number of thioether (sulfide) groups is 1. The van der Waals surface area contributed by atoms with E-state index in [1.165, 1.54) is 51.9 Å². The second-order valence-electron chi connectivity index (χ2n) is 12.8. The van der Waals surface area contributed by atoms with Crippen LogP contribution in [0.4, 0.5) is 23.7 Å². The number of carbonyl (C=O) groups excluding carboxylic acids is 2. The van der Waals surface area contributed by atoms with E-state index in [4.69, 9.17) is 21.8 Å². The topological polar surface area (TPSA) is 111 Å². The molecule has 0 bridgehead atoms. The molecule has 4 aromatic rings. The number of aliphatic imine (C=N–C) groups is 1. The van der Waals surface area contributed by atoms with Gasteiger partial charge in [-0.05, 0) is 92.9 Å². The minimum atomic E-state index is -4.79. The van der Waals surface area contributed by atoms with Gasteiger partial charge in [-0.3, -0.25) is 9.69 Å². The van der Waals surface area contributed by atoms with Gasteiger partial charge in [-0.15, -0.1) is 23.3 Å². The van der Waals surface area contributed by atoms with Crippen LogP contribution in [-0.2, 0) is 20.9 Å². The van der Waals surface area contributed by atoms with Crippen LogP contribution in [0.2, 0.25) is 0 Å². The highest BCUT2D eigenvalue weighted by Gasteiger charge is 2.33. The lowest BCUT2D eigenvalue weighted by Crippen LogP contribution is -2.38. The summed E-state index contributed by atoms with van der Waals surface area (Å²) in [6.45, 7) is 11.1. The summed E-state index contributed by atoms with van der Waals surface area (Å²) in [5.41, 5.74) is 3.61. The molecule has 2 amide bonds. The van der Waals surface area contributed by atoms with Crippen LogP contribution >= 0.6 is 24.0 Å². The minimum absolute atomic E-state index is 0.0699. The average molecular weight is 741 g/mol. The number of ether oxygens (including phenoxy) is 2. The van der Waals surface area contributed by atoms with E-state index in [1.54, 1.807) is 45.0 Å². The predicted molar refractivity (Wildman–Crippen MR) is 192 cm³/mol. The number of nitrogens with zero attached hydrogens (tertiary/aromatic N) is 6. The highest BCUT2D eigenvalue weighted by Crippen LogP contribution is 2.34. The molecule has 0 atom stereocenters. The van der Waals surface area contributed by atoms with Crippen LogP contribution in [0.1, 0.15) is 57.2 Å². The van der Waals surface area contributed by atoms with Crippen LogP contribution in [-0.4, -0.2) is 59.9 Å². The predicted octanol–water partition coefficient (Wildman–Crippen LogP) is 8.35. The van der Waals surface area contributed by atoms with Gasteiger partial charge in [-0.2, -0.15) is 4.99 Å². The largest absolute Gasteiger partial charge is 0.573 e. The average Bonchev–Trinajstić information content (AvgIpc) is 3.66. The zero-order valence-corrected chi connectivity index (χ0v) is 30.2. The molecule has 1 saturated heterocycles. The van der Waals surface area contributed by atoms with Crippen LogP contribution in [0.5, 0.6) is 5.75 Å². The highest BCUT2D eigenvalue weighted by molar-refractivity contribution is 8.15. The van der Waals surface area contributed by atoms with Gasteiger partial charge in [0.1, 0.15) is 17.7 Å². The van der Waals surface area contributed by atoms with Crippen molar-refractivity contribution in [3.05, 3.63) is 89.7 Å². The van der Waals surface area contributed by atoms with E-state index in [0.29, 0.717) is 27.8 Å². The molecule has 0 N–H and O–H groups in total. The maximum Gasteiger partial charge on any atom is 0.573 e. The van der Waals surface area contributed by atoms with E-state index >= 15 is 0 Å². The van der Waals surface area contributed by atoms with Gasteiger partial charge in [0.25, 0.3) is 0 Å². The van der Waals surface area contributed by atoms with Gasteiger partial charge in [-0.25, -0.2) is 14.5 Å². The number of benzene rings is 3. The fourth-order valence-corrected chi connectivity index (χ4v) is 5.99. The zero-order chi connectivity index (χ0) is 37.1. The molecule has 51 heavy (non-hydrogen) atoms. The molecule has 3 aromatic carbocycles. The monoisotopic (exact) mass is 740 g/mol. The Hall–Kier alpha value is -4.96. The Bertz CT molecular complexity index is 1940. The molecule has 1 fully saturated rings. The summed E-state index contributed by atoms with van der Waals surface area (Å²) in [6.07, 6.45) is -4.15. The molecule has 11 nitrogen and oxygen atoms in total. The van der Waals surface area contributed by atoms with Gasteiger partial charge in [0.05, 0.1) is 23.7 Å². The minimum Gasteiger partial charge on any atom is -0.442 e. The summed E-state index contributed by atoms with van der Waals surface area (Å²) in [5, 5.41) is 5.44. The van der Waals surface area contributed by atoms with Gasteiger partial charge < -0.3 is 14.3 Å². The molecular weight excluding hydrogens is 706 g/mol. The molecule has 2 heterocycles. The molecule has 0 radical (unpaired) electrons. The number of alkyl halides is 3. The number of anilines is 1. The molecule has 0 aliphatic carbocycles. The number of hydrogen-bond acceptors (Lipinski definition) is 9. The first-order chi connectivity index (χ1) is 24.0. The number of aryl methyl sites for hydroxylation is 1. The number of hydrogen-bond donors (Lipinski definition) is 0. The van der Waals surface area contributed by atoms with Crippen molar-refractivity contribution in [2.45, 2.75) is 66.0 Å². The molecule has 5 rings (SSSR count). The Morgan fingerprint density at radius 2 is 1.75 bits per heavy atom. The summed E-state index contributed by atoms with van der Waals surface area (Å²) in [4.78, 5) is 42.4. The van der Waals surface area contributed by atoms with Crippen molar-refractivity contribution in [2.75, 3.05) is 10.7 Å². The fourth-order valence-electron chi connectivity index (χ4n) is 4.90. The first-order valence-electron chi connectivity index (χ1n) is 15.7. The van der Waals surface area contributed by atoms with E-state index in [1.807, 2.05) is 39.0 Å². The van der Waals surface area contributed by atoms with Gasteiger partial charge >= 0.3 is 17.6 Å². The molecule has 1 aromatic heterocycles. The number of hydroxylamine groups is 2. The molecule has 0 spiro atoms. The maximum atomic E-state index is 13.3. The molecular formula is C35H35F3N6O5S2. The molecule has 0 unspecified atom stereocenters. The number of amidine groups is 1. The third kappa shape index (κ3) is 9.85. The van der Waals surface area contributed by atoms with Crippen molar-refractivity contribution < 1.29 is 37.1 Å². The number of thiocarbonyl (C=S) groups is 1. The first-order valence-corrected chi connectivity index (χ1v) is 17.1. The summed E-state index contributed by atoms with van der Waals surface area (Å²) >= 11 is 6.69. The first kappa shape index (κ1) is 37.3. The zero-order valence-electron chi connectivity index (χ0n) is 28.6. The molecule has 16 heteroatoms. The van der Waals surface area contributed by atoms with E-state index in [2.05, 4.69) is 19.8 Å². The SMILES string of the molecule is Cc1ccc(C(C)C)c(N2C(=O)CSC2=NC(=S)ON(Cc2ccc(-c3ncn(-c4ccc(OC(F)(F)F)cc4)n3)cc2)C(=O)OC(C)(C)C)c1. The van der Waals surface area contributed by atoms with Crippen LogP contribution < -0.4 is 9.64 Å². The number of aromatic nitrogens is 3. The summed E-state index contributed by atoms with van der Waals surface area (Å²) in [5.74, 6) is 0.178. The number of amides is 2. The second-order valence-corrected chi connectivity index (χ2v) is 14.0. The fraction of sp³-hybridized carbons (Fsp3) is 0.314. The normalized spacial score (nSPS) is 14.3. The lowest BCUT2D eigenvalue weighted by Gasteiger charge is -2.26. The van der Waals surface area contributed by atoms with Crippen molar-refractivity contribution in [1.29, 1.82) is 0 Å². The van der Waals surface area contributed by atoms with Crippen LogP contribution in [0, 0.1) is 6.92 Å². The van der Waals surface area contributed by atoms with Crippen molar-refractivity contribution in [3.63, 3.8) is 0 Å². The molecule has 1 aliphatic heterocycles. The Morgan fingerprint density at radius 3 is 2.37 bits per heavy atom. The summed E-state index contributed by atoms with van der Waals surface area (Å²) < 4.78 is 48.4. The van der Waals surface area contributed by atoms with E-state index < -0.39 is 18.1 Å². The van der Waals surface area contributed by atoms with E-state index in [-0.39, 0.29) is 35.0 Å². The highest BCUT2D eigenvalue weighted by atomic mass is 32.2. The Labute approximate surface area is 302 Å². The van der Waals surface area contributed by atoms with Crippen molar-refractivity contribution >= 4 is 52.0 Å². The van der Waals surface area contributed by atoms with Crippen molar-refractivity contribution in [1.82, 2.24) is 19.8 Å². The third-order valence-electron chi connectivity index (χ3n) is 7.15. The second kappa shape index (κ2) is 15.1. The number of carbonyl (C=O) groups is 2. The number of rotatable bonds is 7. The van der Waals surface area contributed by atoms with Crippen LogP contribution in [0.25, 0.3) is 17.1 Å². The van der Waals surface area contributed by atoms with Gasteiger partial charge in [-0.1, -0.05) is 62.0 Å². The third-order valence-corrected chi connectivity index (χ3v) is 8.24. The number of halogens is 3. The van der Waals surface area contributed by atoms with E-state index in [0.717, 1.165) is 21.9 Å². The smallest absolute Gasteiger partial charge is 0.442 e. The molecule has 0 saturated carbocycles. The van der Waals surface area contributed by atoms with Gasteiger partial charge in [0, 0.05) is 5.56 Å². The lowest BCUT2D eigenvalue weighted by atomic mass is 9.99. The van der Waals surface area contributed by atoms with Crippen molar-refractivity contribution in [2.24, 2.45) is 4.99 Å². The summed E-state index contributed by atoms with van der Waals surface area (Å²) in [7, 11) is 0. The van der Waals surface area contributed by atoms with Gasteiger partial charge in [0.15, 0.2) is 11.0 Å². The van der Waals surface area contributed by atoms with Crippen molar-refractivity contribution in [3.8, 4) is 22.8 Å².